The molecule has 3 rings (SSSR count). The van der Waals surface area contributed by atoms with Gasteiger partial charge in [0.15, 0.2) is 0 Å². The number of primary amides is 1. The lowest BCUT2D eigenvalue weighted by molar-refractivity contribution is -0.131. The quantitative estimate of drug-likeness (QED) is 0.842. The Labute approximate surface area is 149 Å². The molecule has 0 unspecified atom stereocenters. The first-order valence-electron chi connectivity index (χ1n) is 8.99. The Balaban J connectivity index is 1.53. The summed E-state index contributed by atoms with van der Waals surface area (Å²) in [5, 5.41) is 0. The molecule has 0 radical (unpaired) electrons. The van der Waals surface area contributed by atoms with E-state index in [4.69, 9.17) is 5.73 Å². The molecule has 0 spiro atoms. The lowest BCUT2D eigenvalue weighted by atomic mass is 9.73. The van der Waals surface area contributed by atoms with Crippen molar-refractivity contribution in [1.29, 1.82) is 0 Å². The molecule has 1 aliphatic rings. The van der Waals surface area contributed by atoms with Crippen LogP contribution in [0.4, 0.5) is 0 Å². The van der Waals surface area contributed by atoms with Crippen LogP contribution in [0.15, 0.2) is 48.9 Å². The summed E-state index contributed by atoms with van der Waals surface area (Å²) < 4.78 is 0. The minimum atomic E-state index is -0.366. The van der Waals surface area contributed by atoms with Gasteiger partial charge in [0.1, 0.15) is 0 Å². The molecule has 1 aromatic carbocycles. The summed E-state index contributed by atoms with van der Waals surface area (Å²) in [5.74, 6) is -0.147. The Morgan fingerprint density at radius 2 is 1.92 bits per heavy atom. The number of hydrogen-bond acceptors (Lipinski definition) is 4. The molecular formula is C20H26N4O. The minimum absolute atomic E-state index is 0.147. The zero-order chi connectivity index (χ0) is 17.5. The lowest BCUT2D eigenvalue weighted by Crippen LogP contribution is -2.47. The van der Waals surface area contributed by atoms with Crippen molar-refractivity contribution in [3.8, 4) is 0 Å². The van der Waals surface area contributed by atoms with E-state index in [1.165, 1.54) is 5.56 Å². The number of benzene rings is 1. The van der Waals surface area contributed by atoms with Gasteiger partial charge in [-0.05, 0) is 50.8 Å². The fourth-order valence-electron chi connectivity index (χ4n) is 3.67. The molecule has 2 heterocycles. The van der Waals surface area contributed by atoms with Crippen molar-refractivity contribution in [2.45, 2.75) is 38.6 Å². The maximum Gasteiger partial charge on any atom is 0.223 e. The lowest BCUT2D eigenvalue weighted by Gasteiger charge is -2.40. The van der Waals surface area contributed by atoms with Crippen LogP contribution in [0.3, 0.4) is 0 Å². The number of amides is 1. The van der Waals surface area contributed by atoms with Crippen molar-refractivity contribution in [3.63, 3.8) is 0 Å². The summed E-state index contributed by atoms with van der Waals surface area (Å²) in [6.45, 7) is 2.78. The van der Waals surface area contributed by atoms with Gasteiger partial charge in [0.2, 0.25) is 5.91 Å². The van der Waals surface area contributed by atoms with Crippen molar-refractivity contribution in [1.82, 2.24) is 14.9 Å². The van der Waals surface area contributed by atoms with Crippen molar-refractivity contribution < 1.29 is 4.79 Å². The van der Waals surface area contributed by atoms with E-state index in [1.807, 2.05) is 6.07 Å². The number of piperidine rings is 1. The highest BCUT2D eigenvalue weighted by Crippen LogP contribution is 2.36. The summed E-state index contributed by atoms with van der Waals surface area (Å²) in [6, 6.07) is 10.5. The zero-order valence-electron chi connectivity index (χ0n) is 14.6. The zero-order valence-corrected chi connectivity index (χ0v) is 14.6. The molecule has 1 amide bonds. The average Bonchev–Trinajstić information content (AvgIpc) is 2.65. The second-order valence-corrected chi connectivity index (χ2v) is 6.96. The van der Waals surface area contributed by atoms with E-state index in [9.17, 15) is 4.79 Å². The maximum absolute atomic E-state index is 12.2. The minimum Gasteiger partial charge on any atom is -0.369 e. The van der Waals surface area contributed by atoms with E-state index < -0.39 is 0 Å². The number of likely N-dealkylation sites (tertiary alicyclic amines) is 1. The van der Waals surface area contributed by atoms with Gasteiger partial charge in [-0.15, -0.1) is 0 Å². The monoisotopic (exact) mass is 338 g/mol. The highest BCUT2D eigenvalue weighted by atomic mass is 16.1. The Kier molecular flexibility index (Phi) is 5.76. The van der Waals surface area contributed by atoms with Gasteiger partial charge in [0, 0.05) is 25.1 Å². The molecule has 132 valence electrons. The number of hydrogen-bond donors (Lipinski definition) is 1. The van der Waals surface area contributed by atoms with Crippen LogP contribution in [-0.2, 0) is 17.8 Å². The molecule has 0 aliphatic carbocycles. The largest absolute Gasteiger partial charge is 0.369 e. The summed E-state index contributed by atoms with van der Waals surface area (Å²) in [6.07, 6.45) is 9.46. The van der Waals surface area contributed by atoms with Crippen LogP contribution in [-0.4, -0.2) is 33.9 Å². The predicted molar refractivity (Wildman–Crippen MR) is 97.6 cm³/mol. The SMILES string of the molecule is NC(=O)C1(CCCc2cnccn2)CCN(Cc2ccccc2)CC1. The first-order chi connectivity index (χ1) is 12.2. The summed E-state index contributed by atoms with van der Waals surface area (Å²) >= 11 is 0. The summed E-state index contributed by atoms with van der Waals surface area (Å²) in [5.41, 5.74) is 7.72. The van der Waals surface area contributed by atoms with Crippen LogP contribution in [0.2, 0.25) is 0 Å². The number of nitrogens with two attached hydrogens (primary N) is 1. The molecule has 0 saturated carbocycles. The van der Waals surface area contributed by atoms with Gasteiger partial charge in [-0.25, -0.2) is 0 Å². The second-order valence-electron chi connectivity index (χ2n) is 6.96. The highest BCUT2D eigenvalue weighted by Gasteiger charge is 2.39. The van der Waals surface area contributed by atoms with Crippen LogP contribution in [0.1, 0.15) is 36.9 Å². The molecule has 1 fully saturated rings. The highest BCUT2D eigenvalue weighted by molar-refractivity contribution is 5.80. The van der Waals surface area contributed by atoms with Crippen molar-refractivity contribution in [2.24, 2.45) is 11.1 Å². The molecule has 0 atom stereocenters. The molecule has 2 N–H and O–H groups in total. The van der Waals surface area contributed by atoms with Gasteiger partial charge in [0.25, 0.3) is 0 Å². The summed E-state index contributed by atoms with van der Waals surface area (Å²) in [4.78, 5) is 23.0. The van der Waals surface area contributed by atoms with Crippen molar-refractivity contribution in [3.05, 3.63) is 60.2 Å². The van der Waals surface area contributed by atoms with Crippen LogP contribution < -0.4 is 5.73 Å². The summed E-state index contributed by atoms with van der Waals surface area (Å²) in [7, 11) is 0. The Morgan fingerprint density at radius 1 is 1.16 bits per heavy atom. The normalized spacial score (nSPS) is 17.3. The molecule has 0 bridgehead atoms. The van der Waals surface area contributed by atoms with E-state index in [1.54, 1.807) is 18.6 Å². The van der Waals surface area contributed by atoms with Gasteiger partial charge in [0.05, 0.1) is 11.1 Å². The van der Waals surface area contributed by atoms with Gasteiger partial charge in [-0.3, -0.25) is 19.7 Å². The first kappa shape index (κ1) is 17.5. The number of rotatable bonds is 7. The van der Waals surface area contributed by atoms with Crippen molar-refractivity contribution >= 4 is 5.91 Å². The van der Waals surface area contributed by atoms with E-state index in [2.05, 4.69) is 39.1 Å². The molecule has 2 aromatic rings. The van der Waals surface area contributed by atoms with Gasteiger partial charge in [-0.1, -0.05) is 30.3 Å². The third kappa shape index (κ3) is 4.63. The third-order valence-corrected chi connectivity index (χ3v) is 5.29. The Hall–Kier alpha value is -2.27. The number of nitrogens with zero attached hydrogens (tertiary/aromatic N) is 3. The predicted octanol–water partition coefficient (Wildman–Crippen LogP) is 2.57. The average molecular weight is 338 g/mol. The number of aromatic nitrogens is 2. The van der Waals surface area contributed by atoms with Gasteiger partial charge in [-0.2, -0.15) is 0 Å². The van der Waals surface area contributed by atoms with E-state index >= 15 is 0 Å². The number of aryl methyl sites for hydroxylation is 1. The molecule has 1 aliphatic heterocycles. The second kappa shape index (κ2) is 8.21. The first-order valence-corrected chi connectivity index (χ1v) is 8.99. The molecule has 25 heavy (non-hydrogen) atoms. The molecular weight excluding hydrogens is 312 g/mol. The van der Waals surface area contributed by atoms with E-state index in [0.29, 0.717) is 0 Å². The van der Waals surface area contributed by atoms with Gasteiger partial charge < -0.3 is 5.73 Å². The molecule has 1 saturated heterocycles. The fraction of sp³-hybridized carbons (Fsp3) is 0.450. The Bertz CT molecular complexity index is 667. The van der Waals surface area contributed by atoms with Crippen LogP contribution in [0.25, 0.3) is 0 Å². The van der Waals surface area contributed by atoms with Crippen molar-refractivity contribution in [2.75, 3.05) is 13.1 Å². The smallest absolute Gasteiger partial charge is 0.223 e. The van der Waals surface area contributed by atoms with E-state index in [-0.39, 0.29) is 11.3 Å². The topological polar surface area (TPSA) is 72.1 Å². The van der Waals surface area contributed by atoms with Gasteiger partial charge >= 0.3 is 0 Å². The Morgan fingerprint density at radius 3 is 2.56 bits per heavy atom. The van der Waals surface area contributed by atoms with Crippen LogP contribution in [0, 0.1) is 5.41 Å². The maximum atomic E-state index is 12.2. The van der Waals surface area contributed by atoms with Crippen LogP contribution >= 0.6 is 0 Å². The standard InChI is InChI=1S/C20H26N4O/c21-19(25)20(8-4-7-18-15-22-11-12-23-18)9-13-24(14-10-20)16-17-5-2-1-3-6-17/h1-3,5-6,11-12,15H,4,7-10,13-14,16H2,(H2,21,25). The van der Waals surface area contributed by atoms with E-state index in [0.717, 1.165) is 57.4 Å². The molecule has 5 heteroatoms. The number of carbonyl (C=O) groups excluding carboxylic acids is 1. The molecule has 5 nitrogen and oxygen atoms in total. The third-order valence-electron chi connectivity index (χ3n) is 5.29. The fourth-order valence-corrected chi connectivity index (χ4v) is 3.67. The van der Waals surface area contributed by atoms with Crippen LogP contribution in [0.5, 0.6) is 0 Å². The molecule has 1 aromatic heterocycles. The number of carbonyl (C=O) groups is 1.